The fraction of sp³-hybridized carbons (Fsp3) is 0.0909. The van der Waals surface area contributed by atoms with Crippen LogP contribution in [0.3, 0.4) is 0 Å². The van der Waals surface area contributed by atoms with Crippen molar-refractivity contribution >= 4 is 46.3 Å². The van der Waals surface area contributed by atoms with Crippen LogP contribution in [0.2, 0.25) is 0 Å². The van der Waals surface area contributed by atoms with Crippen molar-refractivity contribution in [3.63, 3.8) is 0 Å². The van der Waals surface area contributed by atoms with Crippen LogP contribution in [0.5, 0.6) is 0 Å². The third-order valence-electron chi connectivity index (χ3n) is 5.26. The Labute approximate surface area is 221 Å². The molecule has 0 aliphatic heterocycles. The average molecular weight is 556 g/mol. The predicted octanol–water partition coefficient (Wildman–Crippen LogP) is 4.38. The number of nitrogens with two attached hydrogens (primary N) is 1. The summed E-state index contributed by atoms with van der Waals surface area (Å²) in [6.07, 6.45) is -3.10. The molecule has 0 aromatic heterocycles. The van der Waals surface area contributed by atoms with E-state index in [-0.39, 0.29) is 16.3 Å². The average Bonchev–Trinajstić information content (AvgIpc) is 2.91. The van der Waals surface area contributed by atoms with Gasteiger partial charge in [0.2, 0.25) is 0 Å². The first-order valence-electron chi connectivity index (χ1n) is 10.7. The van der Waals surface area contributed by atoms with Crippen LogP contribution in [0, 0.1) is 40.5 Å². The molecular weight excluding hydrogens is 540 g/mol. The van der Waals surface area contributed by atoms with Crippen LogP contribution in [0.4, 0.5) is 43.7 Å². The number of hydrogen-bond donors (Lipinski definition) is 1. The van der Waals surface area contributed by atoms with Crippen molar-refractivity contribution in [3.8, 4) is 0 Å². The summed E-state index contributed by atoms with van der Waals surface area (Å²) in [4.78, 5) is 68.0. The van der Waals surface area contributed by atoms with E-state index in [0.29, 0.717) is 0 Å². The minimum atomic E-state index is -1.55. The SMILES string of the molecule is Nc1ccccc1N(C(=O)OCc1c([N+](=O)[O-])cccc1[N+](=O)[O-])C(=O)OCc1c([N+](=O)[O-])cccc1[N+](=O)[O-]. The van der Waals surface area contributed by atoms with E-state index in [4.69, 9.17) is 15.2 Å². The minimum absolute atomic E-state index is 0.162. The van der Waals surface area contributed by atoms with Crippen molar-refractivity contribution in [1.29, 1.82) is 0 Å². The molecule has 18 heteroatoms. The van der Waals surface area contributed by atoms with E-state index in [0.717, 1.165) is 36.4 Å². The monoisotopic (exact) mass is 556 g/mol. The summed E-state index contributed by atoms with van der Waals surface area (Å²) in [5.74, 6) is 0. The molecule has 0 saturated heterocycles. The molecule has 0 radical (unpaired) electrons. The molecule has 0 spiro atoms. The Morgan fingerprint density at radius 3 is 1.30 bits per heavy atom. The number of para-hydroxylation sites is 2. The van der Waals surface area contributed by atoms with Gasteiger partial charge in [0.25, 0.3) is 22.7 Å². The summed E-state index contributed by atoms with van der Waals surface area (Å²) in [6.45, 7) is -2.06. The number of carbonyl (C=O) groups excluding carboxylic acids is 2. The van der Waals surface area contributed by atoms with Gasteiger partial charge in [0.05, 0.1) is 31.1 Å². The highest BCUT2D eigenvalue weighted by atomic mass is 16.6. The van der Waals surface area contributed by atoms with E-state index in [1.54, 1.807) is 0 Å². The van der Waals surface area contributed by atoms with Crippen LogP contribution in [-0.2, 0) is 22.7 Å². The molecule has 40 heavy (non-hydrogen) atoms. The van der Waals surface area contributed by atoms with Crippen molar-refractivity contribution in [1.82, 2.24) is 0 Å². The van der Waals surface area contributed by atoms with Gasteiger partial charge in [0.1, 0.15) is 24.3 Å². The fourth-order valence-electron chi connectivity index (χ4n) is 3.46. The highest BCUT2D eigenvalue weighted by molar-refractivity contribution is 6.11. The molecule has 0 atom stereocenters. The molecule has 206 valence electrons. The number of ether oxygens (including phenoxy) is 2. The van der Waals surface area contributed by atoms with E-state index < -0.39 is 79.0 Å². The zero-order chi connectivity index (χ0) is 29.6. The Morgan fingerprint density at radius 1 is 0.625 bits per heavy atom. The van der Waals surface area contributed by atoms with E-state index in [2.05, 4.69) is 0 Å². The van der Waals surface area contributed by atoms with Gasteiger partial charge in [-0.25, -0.2) is 9.59 Å². The quantitative estimate of drug-likeness (QED) is 0.218. The van der Waals surface area contributed by atoms with Gasteiger partial charge in [-0.2, -0.15) is 4.90 Å². The normalized spacial score (nSPS) is 10.3. The van der Waals surface area contributed by atoms with Gasteiger partial charge in [-0.1, -0.05) is 12.1 Å². The van der Waals surface area contributed by atoms with Crippen molar-refractivity contribution in [2.75, 3.05) is 10.6 Å². The van der Waals surface area contributed by atoms with Gasteiger partial charge in [-0.15, -0.1) is 0 Å². The number of nitro benzene ring substituents is 4. The largest absolute Gasteiger partial charge is 0.443 e. The lowest BCUT2D eigenvalue weighted by Crippen LogP contribution is -2.38. The molecule has 0 bridgehead atoms. The Balaban J connectivity index is 1.95. The summed E-state index contributed by atoms with van der Waals surface area (Å²) >= 11 is 0. The second kappa shape index (κ2) is 11.9. The number of anilines is 2. The summed E-state index contributed by atoms with van der Waals surface area (Å²) in [6, 6.07) is 11.1. The van der Waals surface area contributed by atoms with Gasteiger partial charge >= 0.3 is 12.2 Å². The smallest absolute Gasteiger partial charge is 0.424 e. The van der Waals surface area contributed by atoms with E-state index in [1.165, 1.54) is 24.3 Å². The summed E-state index contributed by atoms with van der Waals surface area (Å²) in [5, 5.41) is 45.5. The molecule has 2 N–H and O–H groups in total. The van der Waals surface area contributed by atoms with E-state index in [9.17, 15) is 50.0 Å². The van der Waals surface area contributed by atoms with Crippen molar-refractivity contribution in [2.45, 2.75) is 13.2 Å². The van der Waals surface area contributed by atoms with Crippen LogP contribution in [0.15, 0.2) is 60.7 Å². The number of carbonyl (C=O) groups is 2. The predicted molar refractivity (Wildman–Crippen MR) is 133 cm³/mol. The Morgan fingerprint density at radius 2 is 0.975 bits per heavy atom. The number of nitro groups is 4. The van der Waals surface area contributed by atoms with E-state index in [1.807, 2.05) is 0 Å². The minimum Gasteiger partial charge on any atom is -0.443 e. The fourth-order valence-corrected chi connectivity index (χ4v) is 3.46. The highest BCUT2D eigenvalue weighted by Gasteiger charge is 2.33. The number of imide groups is 1. The zero-order valence-corrected chi connectivity index (χ0v) is 19.9. The number of rotatable bonds is 9. The Hall–Kier alpha value is -6.20. The zero-order valence-electron chi connectivity index (χ0n) is 19.9. The summed E-state index contributed by atoms with van der Waals surface area (Å²) < 4.78 is 9.97. The maximum absolute atomic E-state index is 13.0. The maximum atomic E-state index is 13.0. The molecule has 0 saturated carbocycles. The number of hydrogen-bond acceptors (Lipinski definition) is 13. The Kier molecular flexibility index (Phi) is 8.44. The van der Waals surface area contributed by atoms with Crippen LogP contribution in [0.25, 0.3) is 0 Å². The molecule has 2 amide bonds. The molecule has 0 heterocycles. The molecule has 3 aromatic carbocycles. The first-order chi connectivity index (χ1) is 18.9. The van der Waals surface area contributed by atoms with Crippen molar-refractivity contribution in [2.24, 2.45) is 0 Å². The molecule has 3 rings (SSSR count). The second-order valence-electron chi connectivity index (χ2n) is 7.58. The standard InChI is InChI=1S/C22H16N6O12/c23-15-5-1-2-6-20(15)24(21(29)39-11-13-16(25(31)32)7-3-8-17(13)26(33)34)22(30)40-12-14-18(27(35)36)9-4-10-19(14)28(37)38/h1-10H,11-12,23H2. The molecule has 18 nitrogen and oxygen atoms in total. The van der Waals surface area contributed by atoms with Crippen LogP contribution in [-0.4, -0.2) is 31.9 Å². The highest BCUT2D eigenvalue weighted by Crippen LogP contribution is 2.32. The lowest BCUT2D eigenvalue weighted by molar-refractivity contribution is -0.396. The third kappa shape index (κ3) is 6.02. The first-order valence-corrected chi connectivity index (χ1v) is 10.7. The summed E-state index contributed by atoms with van der Waals surface area (Å²) in [5.41, 5.74) is 1.25. The van der Waals surface area contributed by atoms with Crippen molar-refractivity contribution in [3.05, 3.63) is 112 Å². The van der Waals surface area contributed by atoms with E-state index >= 15 is 0 Å². The third-order valence-corrected chi connectivity index (χ3v) is 5.26. The van der Waals surface area contributed by atoms with Crippen molar-refractivity contribution < 1.29 is 38.8 Å². The van der Waals surface area contributed by atoms with Crippen LogP contribution < -0.4 is 10.6 Å². The number of nitrogen functional groups attached to an aromatic ring is 1. The summed E-state index contributed by atoms with van der Waals surface area (Å²) in [7, 11) is 0. The molecular formula is C22H16N6O12. The van der Waals surface area contributed by atoms with Gasteiger partial charge in [-0.05, 0) is 24.3 Å². The van der Waals surface area contributed by atoms with Gasteiger partial charge in [0, 0.05) is 24.3 Å². The maximum Gasteiger partial charge on any atom is 0.424 e. The number of amides is 2. The topological polar surface area (TPSA) is 254 Å². The van der Waals surface area contributed by atoms with Crippen LogP contribution >= 0.6 is 0 Å². The molecule has 0 unspecified atom stereocenters. The Bertz CT molecular complexity index is 1390. The van der Waals surface area contributed by atoms with Gasteiger partial charge in [-0.3, -0.25) is 40.5 Å². The second-order valence-corrected chi connectivity index (χ2v) is 7.58. The van der Waals surface area contributed by atoms with Gasteiger partial charge in [0.15, 0.2) is 0 Å². The number of nitrogens with zero attached hydrogens (tertiary/aromatic N) is 5. The lowest BCUT2D eigenvalue weighted by Gasteiger charge is -2.21. The lowest BCUT2D eigenvalue weighted by atomic mass is 10.1. The first kappa shape index (κ1) is 28.4. The van der Waals surface area contributed by atoms with Crippen LogP contribution in [0.1, 0.15) is 11.1 Å². The molecule has 0 aliphatic carbocycles. The number of benzene rings is 3. The molecule has 0 aliphatic rings. The van der Waals surface area contributed by atoms with Gasteiger partial charge < -0.3 is 15.2 Å². The molecule has 0 fully saturated rings. The molecule has 3 aromatic rings.